The van der Waals surface area contributed by atoms with Crippen LogP contribution in [-0.2, 0) is 0 Å². The summed E-state index contributed by atoms with van der Waals surface area (Å²) in [6.07, 6.45) is 4.01. The molecule has 1 fully saturated rings. The van der Waals surface area contributed by atoms with E-state index in [4.69, 9.17) is 0 Å². The van der Waals surface area contributed by atoms with E-state index in [2.05, 4.69) is 5.32 Å². The lowest BCUT2D eigenvalue weighted by atomic mass is 9.85. The molecule has 2 rings (SSSR count). The number of hydrogen-bond acceptors (Lipinski definition) is 3. The Labute approximate surface area is 131 Å². The van der Waals surface area contributed by atoms with Crippen LogP contribution in [0.25, 0.3) is 0 Å². The van der Waals surface area contributed by atoms with Gasteiger partial charge in [0.15, 0.2) is 0 Å². The van der Waals surface area contributed by atoms with E-state index in [-0.39, 0.29) is 30.4 Å². The number of rotatable bonds is 4. The second-order valence-electron chi connectivity index (χ2n) is 6.09. The normalized spacial score (nSPS) is 21.2. The molecule has 2 N–H and O–H groups in total. The molecule has 5 heteroatoms. The Morgan fingerprint density at radius 2 is 1.91 bits per heavy atom. The van der Waals surface area contributed by atoms with Crippen LogP contribution in [0.15, 0.2) is 24.3 Å². The van der Waals surface area contributed by atoms with Gasteiger partial charge in [-0.25, -0.2) is 0 Å². The molecule has 1 aromatic carbocycles. The molecule has 0 bridgehead atoms. The highest BCUT2D eigenvalue weighted by Crippen LogP contribution is 2.24. The van der Waals surface area contributed by atoms with E-state index in [0.717, 1.165) is 25.7 Å². The summed E-state index contributed by atoms with van der Waals surface area (Å²) in [5, 5.41) is 12.4. The molecule has 2 unspecified atom stereocenters. The van der Waals surface area contributed by atoms with Gasteiger partial charge in [-0.1, -0.05) is 18.9 Å². The minimum absolute atomic E-state index is 0.0134. The molecule has 1 saturated carbocycles. The molecular formula is C17H24N2O3. The van der Waals surface area contributed by atoms with Crippen molar-refractivity contribution < 1.29 is 14.7 Å². The number of aliphatic hydroxyl groups is 1. The smallest absolute Gasteiger partial charge is 0.253 e. The summed E-state index contributed by atoms with van der Waals surface area (Å²) < 4.78 is 0. The standard InChI is InChI=1S/C17H24N2O3/c1-19(2)17(22)13-8-5-7-12(10-13)16(21)18-15-9-4-3-6-14(15)11-20/h5,7-8,10,14-15,20H,3-4,6,9,11H2,1-2H3,(H,18,21). The van der Waals surface area contributed by atoms with Crippen molar-refractivity contribution in [3.63, 3.8) is 0 Å². The number of carbonyl (C=O) groups excluding carboxylic acids is 2. The summed E-state index contributed by atoms with van der Waals surface area (Å²) in [6, 6.07) is 6.76. The largest absolute Gasteiger partial charge is 0.396 e. The van der Waals surface area contributed by atoms with Crippen molar-refractivity contribution in [3.05, 3.63) is 35.4 Å². The van der Waals surface area contributed by atoms with E-state index < -0.39 is 0 Å². The summed E-state index contributed by atoms with van der Waals surface area (Å²) in [7, 11) is 3.37. The summed E-state index contributed by atoms with van der Waals surface area (Å²) in [5.41, 5.74) is 0.981. The molecule has 1 aromatic rings. The highest BCUT2D eigenvalue weighted by Gasteiger charge is 2.26. The number of amides is 2. The summed E-state index contributed by atoms with van der Waals surface area (Å²) in [6.45, 7) is 0.101. The van der Waals surface area contributed by atoms with Gasteiger partial charge in [0.05, 0.1) is 0 Å². The monoisotopic (exact) mass is 304 g/mol. The van der Waals surface area contributed by atoms with Crippen LogP contribution in [0.3, 0.4) is 0 Å². The van der Waals surface area contributed by atoms with Gasteiger partial charge < -0.3 is 15.3 Å². The van der Waals surface area contributed by atoms with Crippen molar-refractivity contribution in [2.75, 3.05) is 20.7 Å². The molecule has 0 aliphatic heterocycles. The number of nitrogens with one attached hydrogen (secondary N) is 1. The van der Waals surface area contributed by atoms with Crippen LogP contribution in [0, 0.1) is 5.92 Å². The average Bonchev–Trinajstić information content (AvgIpc) is 2.54. The van der Waals surface area contributed by atoms with Crippen LogP contribution in [0.1, 0.15) is 46.4 Å². The Hall–Kier alpha value is -1.88. The van der Waals surface area contributed by atoms with Gasteiger partial charge >= 0.3 is 0 Å². The second kappa shape index (κ2) is 7.40. The quantitative estimate of drug-likeness (QED) is 0.889. The summed E-state index contributed by atoms with van der Waals surface area (Å²) >= 11 is 0. The van der Waals surface area contributed by atoms with Gasteiger partial charge in [0, 0.05) is 43.8 Å². The third kappa shape index (κ3) is 3.85. The molecule has 1 aliphatic carbocycles. The van der Waals surface area contributed by atoms with Crippen LogP contribution < -0.4 is 5.32 Å². The van der Waals surface area contributed by atoms with Crippen LogP contribution in [0.4, 0.5) is 0 Å². The maximum Gasteiger partial charge on any atom is 0.253 e. The zero-order valence-electron chi connectivity index (χ0n) is 13.2. The van der Waals surface area contributed by atoms with Crippen LogP contribution >= 0.6 is 0 Å². The van der Waals surface area contributed by atoms with Crippen LogP contribution in [0.2, 0.25) is 0 Å². The first kappa shape index (κ1) is 16.5. The molecule has 0 saturated heterocycles. The van der Waals surface area contributed by atoms with Crippen molar-refractivity contribution in [2.45, 2.75) is 31.7 Å². The first-order valence-electron chi connectivity index (χ1n) is 7.76. The molecule has 0 heterocycles. The van der Waals surface area contributed by atoms with Crippen molar-refractivity contribution in [1.29, 1.82) is 0 Å². The molecular weight excluding hydrogens is 280 g/mol. The third-order valence-electron chi connectivity index (χ3n) is 4.24. The minimum atomic E-state index is -0.182. The lowest BCUT2D eigenvalue weighted by Gasteiger charge is -2.30. The lowest BCUT2D eigenvalue weighted by Crippen LogP contribution is -2.43. The van der Waals surface area contributed by atoms with Crippen LogP contribution in [0.5, 0.6) is 0 Å². The number of carbonyl (C=O) groups is 2. The minimum Gasteiger partial charge on any atom is -0.396 e. The van der Waals surface area contributed by atoms with Gasteiger partial charge in [0.1, 0.15) is 0 Å². The Balaban J connectivity index is 2.09. The predicted octanol–water partition coefficient (Wildman–Crippen LogP) is 1.67. The Bertz CT molecular complexity index is 542. The molecule has 2 amide bonds. The molecule has 1 aliphatic rings. The fourth-order valence-corrected chi connectivity index (χ4v) is 2.92. The van der Waals surface area contributed by atoms with Crippen molar-refractivity contribution in [1.82, 2.24) is 10.2 Å². The van der Waals surface area contributed by atoms with Gasteiger partial charge in [-0.2, -0.15) is 0 Å². The highest BCUT2D eigenvalue weighted by molar-refractivity contribution is 5.99. The van der Waals surface area contributed by atoms with E-state index >= 15 is 0 Å². The SMILES string of the molecule is CN(C)C(=O)c1cccc(C(=O)NC2CCCCC2CO)c1. The van der Waals surface area contributed by atoms with Gasteiger partial charge in [0.25, 0.3) is 11.8 Å². The molecule has 0 radical (unpaired) electrons. The summed E-state index contributed by atoms with van der Waals surface area (Å²) in [4.78, 5) is 25.9. The van der Waals surface area contributed by atoms with Gasteiger partial charge in [0.2, 0.25) is 0 Å². The lowest BCUT2D eigenvalue weighted by molar-refractivity contribution is 0.0827. The highest BCUT2D eigenvalue weighted by atomic mass is 16.3. The van der Waals surface area contributed by atoms with Crippen molar-refractivity contribution in [3.8, 4) is 0 Å². The first-order chi connectivity index (χ1) is 10.5. The van der Waals surface area contributed by atoms with E-state index in [1.807, 2.05) is 0 Å². The molecule has 2 atom stereocenters. The van der Waals surface area contributed by atoms with E-state index in [1.54, 1.807) is 38.4 Å². The Morgan fingerprint density at radius 3 is 2.59 bits per heavy atom. The molecule has 0 spiro atoms. The van der Waals surface area contributed by atoms with Crippen molar-refractivity contribution >= 4 is 11.8 Å². The maximum atomic E-state index is 12.4. The second-order valence-corrected chi connectivity index (χ2v) is 6.09. The number of nitrogens with zero attached hydrogens (tertiary/aromatic N) is 1. The molecule has 0 aromatic heterocycles. The fraction of sp³-hybridized carbons (Fsp3) is 0.529. The average molecular weight is 304 g/mol. The number of aliphatic hydroxyl groups excluding tert-OH is 1. The zero-order valence-corrected chi connectivity index (χ0v) is 13.2. The van der Waals surface area contributed by atoms with E-state index in [0.29, 0.717) is 11.1 Å². The van der Waals surface area contributed by atoms with Crippen LogP contribution in [-0.4, -0.2) is 48.6 Å². The van der Waals surface area contributed by atoms with Crippen molar-refractivity contribution in [2.24, 2.45) is 5.92 Å². The first-order valence-corrected chi connectivity index (χ1v) is 7.76. The number of hydrogen-bond donors (Lipinski definition) is 2. The zero-order chi connectivity index (χ0) is 16.1. The van der Waals surface area contributed by atoms with Gasteiger partial charge in [-0.05, 0) is 31.0 Å². The fourth-order valence-electron chi connectivity index (χ4n) is 2.92. The predicted molar refractivity (Wildman–Crippen MR) is 84.8 cm³/mol. The van der Waals surface area contributed by atoms with Gasteiger partial charge in [-0.15, -0.1) is 0 Å². The topological polar surface area (TPSA) is 69.6 Å². The number of benzene rings is 1. The summed E-state index contributed by atoms with van der Waals surface area (Å²) in [5.74, 6) is -0.177. The third-order valence-corrected chi connectivity index (χ3v) is 4.24. The van der Waals surface area contributed by atoms with E-state index in [9.17, 15) is 14.7 Å². The molecule has 120 valence electrons. The Kier molecular flexibility index (Phi) is 5.55. The Morgan fingerprint density at radius 1 is 1.23 bits per heavy atom. The van der Waals surface area contributed by atoms with E-state index in [1.165, 1.54) is 4.90 Å². The maximum absolute atomic E-state index is 12.4. The molecule has 5 nitrogen and oxygen atoms in total. The van der Waals surface area contributed by atoms with Gasteiger partial charge in [-0.3, -0.25) is 9.59 Å². The molecule has 22 heavy (non-hydrogen) atoms.